The van der Waals surface area contributed by atoms with Crippen molar-refractivity contribution in [1.29, 1.82) is 0 Å². The van der Waals surface area contributed by atoms with Gasteiger partial charge in [-0.05, 0) is 38.9 Å². The molecule has 12 heavy (non-hydrogen) atoms. The summed E-state index contributed by atoms with van der Waals surface area (Å²) in [5, 5.41) is 3.44. The minimum Gasteiger partial charge on any atom is -0.315 e. The van der Waals surface area contributed by atoms with Crippen molar-refractivity contribution in [3.05, 3.63) is 0 Å². The molecule has 2 aliphatic heterocycles. The Bertz CT molecular complexity index is 123. The monoisotopic (exact) mass is 170 g/mol. The fourth-order valence-corrected chi connectivity index (χ4v) is 2.28. The van der Waals surface area contributed by atoms with Gasteiger partial charge in [0.05, 0.1) is 0 Å². The quantitative estimate of drug-likeness (QED) is 0.590. The fourth-order valence-electron chi connectivity index (χ4n) is 2.28. The van der Waals surface area contributed by atoms with Crippen LogP contribution in [0.3, 0.4) is 0 Å². The third kappa shape index (κ3) is 1.99. The van der Waals surface area contributed by atoms with Gasteiger partial charge in [-0.25, -0.2) is 0 Å². The second-order valence-corrected chi connectivity index (χ2v) is 3.59. The maximum absolute atomic E-state index is 3.44. The highest BCUT2D eigenvalue weighted by Gasteiger charge is 2.32. The number of hydrogen-bond acceptors (Lipinski definition) is 2. The molecule has 2 aliphatic rings. The van der Waals surface area contributed by atoms with Crippen LogP contribution in [-0.2, 0) is 0 Å². The summed E-state index contributed by atoms with van der Waals surface area (Å²) < 4.78 is 0. The molecular weight excluding hydrogens is 148 g/mol. The Morgan fingerprint density at radius 1 is 1.25 bits per heavy atom. The highest BCUT2D eigenvalue weighted by Crippen LogP contribution is 2.26. The van der Waals surface area contributed by atoms with Crippen LogP contribution in [-0.4, -0.2) is 37.6 Å². The molecule has 2 heteroatoms. The van der Waals surface area contributed by atoms with E-state index in [-0.39, 0.29) is 0 Å². The number of likely N-dealkylation sites (tertiary alicyclic amines) is 1. The highest BCUT2D eigenvalue weighted by molar-refractivity contribution is 4.89. The lowest BCUT2D eigenvalue weighted by Crippen LogP contribution is -2.44. The van der Waals surface area contributed by atoms with E-state index in [1.54, 1.807) is 0 Å². The van der Waals surface area contributed by atoms with Crippen molar-refractivity contribution in [2.45, 2.75) is 32.7 Å². The first kappa shape index (κ1) is 10.0. The number of rotatable bonds is 0. The predicted molar refractivity (Wildman–Crippen MR) is 53.4 cm³/mol. The summed E-state index contributed by atoms with van der Waals surface area (Å²) in [7, 11) is 2.25. The zero-order valence-electron chi connectivity index (χ0n) is 8.64. The summed E-state index contributed by atoms with van der Waals surface area (Å²) in [6.07, 6.45) is 2.83. The normalized spacial score (nSPS) is 35.2. The van der Waals surface area contributed by atoms with Gasteiger partial charge < -0.3 is 10.2 Å². The van der Waals surface area contributed by atoms with Crippen molar-refractivity contribution in [3.8, 4) is 0 Å². The van der Waals surface area contributed by atoms with E-state index in [4.69, 9.17) is 0 Å². The minimum absolute atomic E-state index is 0.855. The van der Waals surface area contributed by atoms with Crippen LogP contribution in [0.1, 0.15) is 26.7 Å². The highest BCUT2D eigenvalue weighted by atomic mass is 15.2. The van der Waals surface area contributed by atoms with Gasteiger partial charge in [-0.3, -0.25) is 0 Å². The van der Waals surface area contributed by atoms with Crippen LogP contribution in [0.5, 0.6) is 0 Å². The Kier molecular flexibility index (Phi) is 4.02. The number of nitrogens with one attached hydrogen (secondary N) is 1. The number of piperidine rings is 1. The van der Waals surface area contributed by atoms with Gasteiger partial charge in [0.25, 0.3) is 0 Å². The van der Waals surface area contributed by atoms with Crippen LogP contribution in [0.15, 0.2) is 0 Å². The van der Waals surface area contributed by atoms with Gasteiger partial charge in [-0.15, -0.1) is 0 Å². The van der Waals surface area contributed by atoms with Crippen LogP contribution in [0.4, 0.5) is 0 Å². The number of nitrogens with zero attached hydrogens (tertiary/aromatic N) is 1. The molecule has 1 N–H and O–H groups in total. The predicted octanol–water partition coefficient (Wildman–Crippen LogP) is 1.33. The van der Waals surface area contributed by atoms with E-state index in [2.05, 4.69) is 17.3 Å². The largest absolute Gasteiger partial charge is 0.315 e. The maximum Gasteiger partial charge on any atom is 0.0246 e. The van der Waals surface area contributed by atoms with Gasteiger partial charge >= 0.3 is 0 Å². The molecule has 2 fully saturated rings. The first-order chi connectivity index (χ1) is 5.88. The van der Waals surface area contributed by atoms with Crippen LogP contribution < -0.4 is 5.32 Å². The molecule has 0 amide bonds. The average molecular weight is 170 g/mol. The maximum atomic E-state index is 3.44. The van der Waals surface area contributed by atoms with Crippen LogP contribution in [0, 0.1) is 5.92 Å². The van der Waals surface area contributed by atoms with E-state index < -0.39 is 0 Å². The number of likely N-dealkylation sites (N-methyl/N-ethyl adjacent to an activating group) is 1. The second kappa shape index (κ2) is 4.83. The van der Waals surface area contributed by atoms with Crippen molar-refractivity contribution in [2.75, 3.05) is 26.7 Å². The van der Waals surface area contributed by atoms with Gasteiger partial charge in [0.2, 0.25) is 0 Å². The summed E-state index contributed by atoms with van der Waals surface area (Å²) >= 11 is 0. The van der Waals surface area contributed by atoms with Crippen molar-refractivity contribution >= 4 is 0 Å². The summed E-state index contributed by atoms with van der Waals surface area (Å²) in [6.45, 7) is 7.78. The van der Waals surface area contributed by atoms with Crippen molar-refractivity contribution in [1.82, 2.24) is 10.2 Å². The van der Waals surface area contributed by atoms with Crippen LogP contribution >= 0.6 is 0 Å². The topological polar surface area (TPSA) is 15.3 Å². The van der Waals surface area contributed by atoms with Crippen LogP contribution in [0.25, 0.3) is 0 Å². The molecule has 0 aromatic rings. The third-order valence-corrected chi connectivity index (χ3v) is 3.01. The molecule has 0 aliphatic carbocycles. The van der Waals surface area contributed by atoms with E-state index >= 15 is 0 Å². The van der Waals surface area contributed by atoms with E-state index in [9.17, 15) is 0 Å². The van der Waals surface area contributed by atoms with Gasteiger partial charge in [0.15, 0.2) is 0 Å². The summed E-state index contributed by atoms with van der Waals surface area (Å²) in [6, 6.07) is 0.855. The van der Waals surface area contributed by atoms with E-state index in [1.165, 1.54) is 32.5 Å². The Hall–Kier alpha value is -0.0800. The Morgan fingerprint density at radius 2 is 2.00 bits per heavy atom. The number of fused-ring (bicyclic) bond motifs is 1. The van der Waals surface area contributed by atoms with Crippen molar-refractivity contribution in [3.63, 3.8) is 0 Å². The summed E-state index contributed by atoms with van der Waals surface area (Å²) in [5.41, 5.74) is 0. The zero-order chi connectivity index (χ0) is 8.97. The summed E-state index contributed by atoms with van der Waals surface area (Å²) in [5.74, 6) is 1.01. The molecule has 2 heterocycles. The van der Waals surface area contributed by atoms with E-state index in [0.717, 1.165) is 12.0 Å². The van der Waals surface area contributed by atoms with Crippen molar-refractivity contribution < 1.29 is 0 Å². The molecule has 0 saturated carbocycles. The molecule has 2 atom stereocenters. The molecule has 2 saturated heterocycles. The van der Waals surface area contributed by atoms with Crippen LogP contribution in [0.2, 0.25) is 0 Å². The molecular formula is C10H22N2. The van der Waals surface area contributed by atoms with Gasteiger partial charge in [-0.1, -0.05) is 13.8 Å². The zero-order valence-corrected chi connectivity index (χ0v) is 8.64. The molecule has 2 rings (SSSR count). The Balaban J connectivity index is 0.000000336. The van der Waals surface area contributed by atoms with E-state index in [1.807, 2.05) is 13.8 Å². The number of hydrogen-bond donors (Lipinski definition) is 1. The second-order valence-electron chi connectivity index (χ2n) is 3.59. The lowest BCUT2D eigenvalue weighted by atomic mass is 9.94. The molecule has 2 unspecified atom stereocenters. The summed E-state index contributed by atoms with van der Waals surface area (Å²) in [4.78, 5) is 2.50. The van der Waals surface area contributed by atoms with Gasteiger partial charge in [-0.2, -0.15) is 0 Å². The molecule has 0 radical (unpaired) electrons. The smallest absolute Gasteiger partial charge is 0.0246 e. The fraction of sp³-hybridized carbons (Fsp3) is 1.00. The molecule has 0 aromatic heterocycles. The Morgan fingerprint density at radius 3 is 2.67 bits per heavy atom. The molecule has 0 spiro atoms. The first-order valence-electron chi connectivity index (χ1n) is 5.29. The van der Waals surface area contributed by atoms with E-state index in [0.29, 0.717) is 0 Å². The van der Waals surface area contributed by atoms with Gasteiger partial charge in [0, 0.05) is 12.6 Å². The minimum atomic E-state index is 0.855. The standard InChI is InChI=1S/C8H16N2.C2H6/c1-10-5-3-7-2-4-9-6-8(7)10;1-2/h7-9H,2-6H2,1H3;1-2H3. The lowest BCUT2D eigenvalue weighted by molar-refractivity contribution is 0.229. The van der Waals surface area contributed by atoms with Gasteiger partial charge in [0.1, 0.15) is 0 Å². The van der Waals surface area contributed by atoms with Crippen molar-refractivity contribution in [2.24, 2.45) is 5.92 Å². The molecule has 0 aromatic carbocycles. The first-order valence-corrected chi connectivity index (χ1v) is 5.29. The molecule has 0 bridgehead atoms. The molecule has 2 nitrogen and oxygen atoms in total. The third-order valence-electron chi connectivity index (χ3n) is 3.01. The molecule has 72 valence electrons. The average Bonchev–Trinajstić information content (AvgIpc) is 2.53. The SMILES string of the molecule is CC.CN1CCC2CCNCC21. The Labute approximate surface area is 76.3 Å². The lowest BCUT2D eigenvalue weighted by Gasteiger charge is -2.29.